The summed E-state index contributed by atoms with van der Waals surface area (Å²) in [6.07, 6.45) is 4.25. The van der Waals surface area contributed by atoms with Gasteiger partial charge in [0, 0.05) is 40.7 Å². The Morgan fingerprint density at radius 2 is 2.04 bits per heavy atom. The molecule has 7 heteroatoms. The normalized spacial score (nSPS) is 22.7. The number of amides is 1. The van der Waals surface area contributed by atoms with Crippen LogP contribution in [0.4, 0.5) is 11.4 Å². The third kappa shape index (κ3) is 2.73. The molecule has 0 aliphatic carbocycles. The van der Waals surface area contributed by atoms with E-state index < -0.39 is 16.0 Å². The highest BCUT2D eigenvalue weighted by atomic mass is 79.9. The molecular weight excluding hydrogens is 422 g/mol. The number of rotatable bonds is 3. The van der Waals surface area contributed by atoms with Crippen molar-refractivity contribution < 1.29 is 9.72 Å². The highest BCUT2D eigenvalue weighted by Gasteiger charge is 2.57. The minimum Gasteiger partial charge on any atom is -0.344 e. The maximum absolute atomic E-state index is 12.4. The molecule has 1 amide bonds. The van der Waals surface area contributed by atoms with E-state index in [4.69, 9.17) is 0 Å². The number of hydrogen-bond acceptors (Lipinski definition) is 4. The summed E-state index contributed by atoms with van der Waals surface area (Å²) in [7, 11) is 0. The molecule has 0 aromatic heterocycles. The first-order chi connectivity index (χ1) is 13.2. The fraction of sp³-hybridized carbons (Fsp3) is 0.286. The fourth-order valence-corrected chi connectivity index (χ4v) is 4.65. The van der Waals surface area contributed by atoms with Gasteiger partial charge in [-0.15, -0.1) is 0 Å². The lowest BCUT2D eigenvalue weighted by Gasteiger charge is -2.49. The van der Waals surface area contributed by atoms with Gasteiger partial charge in [-0.05, 0) is 35.4 Å². The molecule has 2 aromatic rings. The number of nitro benzene ring substituents is 1. The molecule has 1 N–H and O–H groups in total. The van der Waals surface area contributed by atoms with Gasteiger partial charge in [0.1, 0.15) is 5.66 Å². The molecule has 2 heterocycles. The van der Waals surface area contributed by atoms with E-state index in [0.717, 1.165) is 21.3 Å². The molecule has 144 valence electrons. The Morgan fingerprint density at radius 1 is 1.25 bits per heavy atom. The van der Waals surface area contributed by atoms with Gasteiger partial charge in [-0.2, -0.15) is 0 Å². The molecule has 1 unspecified atom stereocenters. The van der Waals surface area contributed by atoms with Gasteiger partial charge >= 0.3 is 0 Å². The zero-order chi connectivity index (χ0) is 20.1. The standard InChI is InChI=1S/C21H20BrN3O3/c1-20(2)17-13-15(22)6-7-18(17)24-11-9-19(26)23-21(20,24)10-8-14-4-3-5-16(12-14)25(27)28/h3-8,10,12-13H,9,11H2,1-2H3,(H,23,26)/b10-8+. The van der Waals surface area contributed by atoms with Crippen molar-refractivity contribution in [2.75, 3.05) is 11.4 Å². The van der Waals surface area contributed by atoms with Crippen LogP contribution in [0.3, 0.4) is 0 Å². The number of nitro groups is 1. The average Bonchev–Trinajstić information content (AvgIpc) is 2.84. The van der Waals surface area contributed by atoms with E-state index in [-0.39, 0.29) is 11.6 Å². The number of carbonyl (C=O) groups is 1. The molecule has 2 aliphatic rings. The molecule has 2 aromatic carbocycles. The third-order valence-electron chi connectivity index (χ3n) is 5.79. The predicted octanol–water partition coefficient (Wildman–Crippen LogP) is 4.38. The Bertz CT molecular complexity index is 1020. The van der Waals surface area contributed by atoms with Gasteiger partial charge in [0.2, 0.25) is 5.91 Å². The monoisotopic (exact) mass is 441 g/mol. The van der Waals surface area contributed by atoms with E-state index in [9.17, 15) is 14.9 Å². The maximum Gasteiger partial charge on any atom is 0.270 e. The Labute approximate surface area is 171 Å². The number of halogens is 1. The first-order valence-corrected chi connectivity index (χ1v) is 9.86. The second kappa shape index (κ2) is 6.44. The van der Waals surface area contributed by atoms with Crippen LogP contribution in [0.5, 0.6) is 0 Å². The summed E-state index contributed by atoms with van der Waals surface area (Å²) < 4.78 is 0.989. The van der Waals surface area contributed by atoms with E-state index in [0.29, 0.717) is 13.0 Å². The van der Waals surface area contributed by atoms with Gasteiger partial charge in [0.15, 0.2) is 0 Å². The Hall–Kier alpha value is -2.67. The maximum atomic E-state index is 12.4. The summed E-state index contributed by atoms with van der Waals surface area (Å²) in [6, 6.07) is 12.7. The van der Waals surface area contributed by atoms with E-state index in [2.05, 4.69) is 52.1 Å². The van der Waals surface area contributed by atoms with Crippen LogP contribution in [0.2, 0.25) is 0 Å². The van der Waals surface area contributed by atoms with Crippen molar-refractivity contribution in [1.29, 1.82) is 0 Å². The number of non-ortho nitro benzene ring substituents is 1. The van der Waals surface area contributed by atoms with Gasteiger partial charge in [-0.1, -0.05) is 48.0 Å². The second-order valence-corrected chi connectivity index (χ2v) is 8.60. The van der Waals surface area contributed by atoms with Gasteiger partial charge < -0.3 is 10.2 Å². The summed E-state index contributed by atoms with van der Waals surface area (Å²) in [6.45, 7) is 4.84. The first-order valence-electron chi connectivity index (χ1n) is 9.07. The topological polar surface area (TPSA) is 75.5 Å². The van der Waals surface area contributed by atoms with Crippen LogP contribution in [-0.2, 0) is 10.2 Å². The van der Waals surface area contributed by atoms with Crippen molar-refractivity contribution in [2.24, 2.45) is 0 Å². The lowest BCUT2D eigenvalue weighted by molar-refractivity contribution is -0.384. The molecule has 6 nitrogen and oxygen atoms in total. The zero-order valence-electron chi connectivity index (χ0n) is 15.6. The van der Waals surface area contributed by atoms with Crippen molar-refractivity contribution in [3.63, 3.8) is 0 Å². The number of hydrogen-bond donors (Lipinski definition) is 1. The number of fused-ring (bicyclic) bond motifs is 3. The summed E-state index contributed by atoms with van der Waals surface area (Å²) in [5, 5.41) is 14.3. The Kier molecular flexibility index (Phi) is 4.30. The van der Waals surface area contributed by atoms with Gasteiger partial charge in [0.05, 0.1) is 4.92 Å². The van der Waals surface area contributed by atoms with Gasteiger partial charge in [-0.25, -0.2) is 0 Å². The smallest absolute Gasteiger partial charge is 0.270 e. The highest BCUT2D eigenvalue weighted by Crippen LogP contribution is 2.53. The number of carbonyl (C=O) groups excluding carboxylic acids is 1. The fourth-order valence-electron chi connectivity index (χ4n) is 4.28. The molecule has 0 radical (unpaired) electrons. The second-order valence-electron chi connectivity index (χ2n) is 7.69. The number of nitrogens with zero attached hydrogens (tertiary/aromatic N) is 2. The summed E-state index contributed by atoms with van der Waals surface area (Å²) in [4.78, 5) is 25.3. The summed E-state index contributed by atoms with van der Waals surface area (Å²) >= 11 is 3.55. The van der Waals surface area contributed by atoms with E-state index in [1.165, 1.54) is 12.1 Å². The highest BCUT2D eigenvalue weighted by molar-refractivity contribution is 9.10. The molecule has 28 heavy (non-hydrogen) atoms. The van der Waals surface area contributed by atoms with Crippen LogP contribution >= 0.6 is 15.9 Å². The summed E-state index contributed by atoms with van der Waals surface area (Å²) in [5.74, 6) is -0.000103. The van der Waals surface area contributed by atoms with Gasteiger partial charge in [-0.3, -0.25) is 14.9 Å². The Balaban J connectivity index is 1.83. The zero-order valence-corrected chi connectivity index (χ0v) is 17.2. The van der Waals surface area contributed by atoms with Crippen LogP contribution in [-0.4, -0.2) is 23.0 Å². The van der Waals surface area contributed by atoms with Crippen LogP contribution in [0.1, 0.15) is 31.4 Å². The number of nitrogens with one attached hydrogen (secondary N) is 1. The number of anilines is 1. The van der Waals surface area contributed by atoms with Crippen molar-refractivity contribution in [2.45, 2.75) is 31.3 Å². The molecule has 1 saturated heterocycles. The molecule has 1 atom stereocenters. The van der Waals surface area contributed by atoms with Crippen molar-refractivity contribution in [3.05, 3.63) is 74.3 Å². The van der Waals surface area contributed by atoms with E-state index in [1.54, 1.807) is 6.07 Å². The lowest BCUT2D eigenvalue weighted by atomic mass is 9.74. The molecule has 0 saturated carbocycles. The van der Waals surface area contributed by atoms with E-state index in [1.807, 2.05) is 24.3 Å². The molecule has 2 aliphatic heterocycles. The van der Waals surface area contributed by atoms with E-state index >= 15 is 0 Å². The molecular formula is C21H20BrN3O3. The van der Waals surface area contributed by atoms with Crippen molar-refractivity contribution in [1.82, 2.24) is 5.32 Å². The molecule has 1 fully saturated rings. The van der Waals surface area contributed by atoms with Crippen LogP contribution in [0, 0.1) is 10.1 Å². The molecule has 0 spiro atoms. The van der Waals surface area contributed by atoms with Crippen LogP contribution < -0.4 is 10.2 Å². The predicted molar refractivity (Wildman–Crippen MR) is 112 cm³/mol. The van der Waals surface area contributed by atoms with Crippen LogP contribution in [0.15, 0.2) is 53.0 Å². The summed E-state index contributed by atoms with van der Waals surface area (Å²) in [5.41, 5.74) is 1.86. The van der Waals surface area contributed by atoms with Crippen LogP contribution in [0.25, 0.3) is 6.08 Å². The van der Waals surface area contributed by atoms with Gasteiger partial charge in [0.25, 0.3) is 5.69 Å². The van der Waals surface area contributed by atoms with Crippen molar-refractivity contribution in [3.8, 4) is 0 Å². The third-order valence-corrected chi connectivity index (χ3v) is 6.29. The molecule has 4 rings (SSSR count). The SMILES string of the molecule is CC1(C)c2cc(Br)ccc2N2CCC(=O)NC21/C=C/c1cccc([N+](=O)[O-])c1. The Morgan fingerprint density at radius 3 is 2.79 bits per heavy atom. The van der Waals surface area contributed by atoms with Crippen molar-refractivity contribution >= 4 is 39.3 Å². The number of benzene rings is 2. The minimum absolute atomic E-state index is 0.000103. The largest absolute Gasteiger partial charge is 0.344 e. The quantitative estimate of drug-likeness (QED) is 0.566. The minimum atomic E-state index is -0.740. The first kappa shape index (κ1) is 18.7. The molecule has 0 bridgehead atoms. The lowest BCUT2D eigenvalue weighted by Crippen LogP contribution is -2.68. The average molecular weight is 442 g/mol.